The van der Waals surface area contributed by atoms with Crippen molar-refractivity contribution in [1.29, 1.82) is 0 Å². The van der Waals surface area contributed by atoms with Crippen LogP contribution in [-0.2, 0) is 6.42 Å². The standard InChI is InChI=1S/C20H21N3O2/c24-19(16-6-7-17-18(12-16)22-14-21-17)23-10-8-20(25,9-11-23)13-15-4-2-1-3-5-15/h1-7,12,14,25H,8-11,13H2,(H,21,22). The van der Waals surface area contributed by atoms with Crippen LogP contribution in [0.2, 0.25) is 0 Å². The summed E-state index contributed by atoms with van der Waals surface area (Å²) in [6.45, 7) is 1.15. The van der Waals surface area contributed by atoms with Crippen LogP contribution in [-0.4, -0.2) is 44.6 Å². The Morgan fingerprint density at radius 1 is 1.16 bits per heavy atom. The number of amides is 1. The lowest BCUT2D eigenvalue weighted by Gasteiger charge is -2.38. The molecule has 2 N–H and O–H groups in total. The quantitative estimate of drug-likeness (QED) is 0.773. The van der Waals surface area contributed by atoms with Crippen LogP contribution in [0.4, 0.5) is 0 Å². The number of piperidine rings is 1. The second kappa shape index (κ2) is 6.33. The van der Waals surface area contributed by atoms with Crippen LogP contribution in [0, 0.1) is 0 Å². The molecule has 2 aromatic carbocycles. The second-order valence-electron chi connectivity index (χ2n) is 6.81. The summed E-state index contributed by atoms with van der Waals surface area (Å²) in [5.41, 5.74) is 2.78. The molecule has 0 radical (unpaired) electrons. The van der Waals surface area contributed by atoms with Crippen molar-refractivity contribution in [1.82, 2.24) is 14.9 Å². The van der Waals surface area contributed by atoms with E-state index in [0.717, 1.165) is 16.6 Å². The summed E-state index contributed by atoms with van der Waals surface area (Å²) >= 11 is 0. The van der Waals surface area contributed by atoms with Crippen molar-refractivity contribution in [3.05, 3.63) is 66.0 Å². The third-order valence-corrected chi connectivity index (χ3v) is 5.02. The molecule has 1 aliphatic heterocycles. The number of nitrogens with zero attached hydrogens (tertiary/aromatic N) is 2. The van der Waals surface area contributed by atoms with Gasteiger partial charge < -0.3 is 15.0 Å². The summed E-state index contributed by atoms with van der Waals surface area (Å²) in [5, 5.41) is 10.9. The van der Waals surface area contributed by atoms with E-state index >= 15 is 0 Å². The number of fused-ring (bicyclic) bond motifs is 1. The molecule has 1 aromatic heterocycles. The Morgan fingerprint density at radius 2 is 1.92 bits per heavy atom. The van der Waals surface area contributed by atoms with Crippen LogP contribution >= 0.6 is 0 Å². The highest BCUT2D eigenvalue weighted by Gasteiger charge is 2.34. The van der Waals surface area contributed by atoms with Gasteiger partial charge in [-0.2, -0.15) is 0 Å². The van der Waals surface area contributed by atoms with Crippen LogP contribution in [0.1, 0.15) is 28.8 Å². The van der Waals surface area contributed by atoms with E-state index in [1.165, 1.54) is 0 Å². The molecule has 5 nitrogen and oxygen atoms in total. The molecule has 1 saturated heterocycles. The molecule has 3 aromatic rings. The van der Waals surface area contributed by atoms with Crippen molar-refractivity contribution in [2.75, 3.05) is 13.1 Å². The molecule has 5 heteroatoms. The number of nitrogens with one attached hydrogen (secondary N) is 1. The number of rotatable bonds is 3. The van der Waals surface area contributed by atoms with Gasteiger partial charge in [-0.3, -0.25) is 4.79 Å². The van der Waals surface area contributed by atoms with Gasteiger partial charge in [0.1, 0.15) is 0 Å². The zero-order valence-corrected chi connectivity index (χ0v) is 14.0. The zero-order chi connectivity index (χ0) is 17.3. The van der Waals surface area contributed by atoms with Gasteiger partial charge in [0.2, 0.25) is 0 Å². The summed E-state index contributed by atoms with van der Waals surface area (Å²) in [4.78, 5) is 21.8. The minimum atomic E-state index is -0.731. The number of likely N-dealkylation sites (tertiary alicyclic amines) is 1. The van der Waals surface area contributed by atoms with E-state index in [4.69, 9.17) is 0 Å². The lowest BCUT2D eigenvalue weighted by molar-refractivity contribution is -0.0162. The minimum Gasteiger partial charge on any atom is -0.389 e. The molecule has 0 atom stereocenters. The number of aromatic nitrogens is 2. The lowest BCUT2D eigenvalue weighted by atomic mass is 9.85. The Kier molecular flexibility index (Phi) is 4.01. The maximum Gasteiger partial charge on any atom is 0.253 e. The Balaban J connectivity index is 1.43. The van der Waals surface area contributed by atoms with E-state index in [9.17, 15) is 9.90 Å². The second-order valence-corrected chi connectivity index (χ2v) is 6.81. The predicted molar refractivity (Wildman–Crippen MR) is 96.3 cm³/mol. The molecule has 1 amide bonds. The summed E-state index contributed by atoms with van der Waals surface area (Å²) in [6, 6.07) is 15.5. The molecule has 4 rings (SSSR count). The van der Waals surface area contributed by atoms with Crippen molar-refractivity contribution >= 4 is 16.9 Å². The normalized spacial score (nSPS) is 16.9. The summed E-state index contributed by atoms with van der Waals surface area (Å²) in [7, 11) is 0. The van der Waals surface area contributed by atoms with Gasteiger partial charge in [0, 0.05) is 25.1 Å². The maximum absolute atomic E-state index is 12.7. The van der Waals surface area contributed by atoms with E-state index in [-0.39, 0.29) is 5.91 Å². The number of benzene rings is 2. The van der Waals surface area contributed by atoms with E-state index in [1.807, 2.05) is 53.4 Å². The third-order valence-electron chi connectivity index (χ3n) is 5.02. The van der Waals surface area contributed by atoms with Crippen molar-refractivity contribution in [3.63, 3.8) is 0 Å². The van der Waals surface area contributed by atoms with Crippen molar-refractivity contribution < 1.29 is 9.90 Å². The zero-order valence-electron chi connectivity index (χ0n) is 14.0. The fraction of sp³-hybridized carbons (Fsp3) is 0.300. The van der Waals surface area contributed by atoms with Crippen molar-refractivity contribution in [2.45, 2.75) is 24.9 Å². The molecule has 25 heavy (non-hydrogen) atoms. The van der Waals surface area contributed by atoms with E-state index in [0.29, 0.717) is 37.9 Å². The molecule has 0 bridgehead atoms. The monoisotopic (exact) mass is 335 g/mol. The number of H-pyrrole nitrogens is 1. The van der Waals surface area contributed by atoms with Crippen LogP contribution < -0.4 is 0 Å². The van der Waals surface area contributed by atoms with Gasteiger partial charge in [-0.15, -0.1) is 0 Å². The largest absolute Gasteiger partial charge is 0.389 e. The van der Waals surface area contributed by atoms with E-state index in [2.05, 4.69) is 9.97 Å². The number of carbonyl (C=O) groups excluding carboxylic acids is 1. The molecule has 0 unspecified atom stereocenters. The number of imidazole rings is 1. The van der Waals surface area contributed by atoms with Gasteiger partial charge in [0.25, 0.3) is 5.91 Å². The first kappa shape index (κ1) is 15.8. The Bertz CT molecular complexity index is 880. The number of aliphatic hydroxyl groups is 1. The first-order chi connectivity index (χ1) is 12.1. The molecule has 0 spiro atoms. The molecular weight excluding hydrogens is 314 g/mol. The highest BCUT2D eigenvalue weighted by atomic mass is 16.3. The number of hydrogen-bond acceptors (Lipinski definition) is 3. The Morgan fingerprint density at radius 3 is 2.68 bits per heavy atom. The molecular formula is C20H21N3O2. The number of hydrogen-bond donors (Lipinski definition) is 2. The predicted octanol–water partition coefficient (Wildman–Crippen LogP) is 2.77. The molecule has 1 fully saturated rings. The summed E-state index contributed by atoms with van der Waals surface area (Å²) in [6.07, 6.45) is 3.46. The highest BCUT2D eigenvalue weighted by molar-refractivity contribution is 5.97. The molecule has 0 aliphatic carbocycles. The topological polar surface area (TPSA) is 69.2 Å². The first-order valence-electron chi connectivity index (χ1n) is 8.62. The lowest BCUT2D eigenvalue weighted by Crippen LogP contribution is -2.47. The van der Waals surface area contributed by atoms with E-state index < -0.39 is 5.60 Å². The van der Waals surface area contributed by atoms with Gasteiger partial charge in [0.15, 0.2) is 0 Å². The van der Waals surface area contributed by atoms with Crippen molar-refractivity contribution in [2.24, 2.45) is 0 Å². The van der Waals surface area contributed by atoms with Crippen LogP contribution in [0.15, 0.2) is 54.9 Å². The minimum absolute atomic E-state index is 0.0123. The van der Waals surface area contributed by atoms with Crippen LogP contribution in [0.25, 0.3) is 11.0 Å². The average molecular weight is 335 g/mol. The summed E-state index contributed by atoms with van der Waals surface area (Å²) in [5.74, 6) is 0.0123. The fourth-order valence-electron chi connectivity index (χ4n) is 3.53. The smallest absolute Gasteiger partial charge is 0.253 e. The number of carbonyl (C=O) groups is 1. The highest BCUT2D eigenvalue weighted by Crippen LogP contribution is 2.27. The summed E-state index contributed by atoms with van der Waals surface area (Å²) < 4.78 is 0. The molecule has 1 aliphatic rings. The van der Waals surface area contributed by atoms with Gasteiger partial charge in [-0.1, -0.05) is 30.3 Å². The van der Waals surface area contributed by atoms with Gasteiger partial charge in [-0.05, 0) is 36.6 Å². The van der Waals surface area contributed by atoms with Crippen molar-refractivity contribution in [3.8, 4) is 0 Å². The Labute approximate surface area is 146 Å². The Hall–Kier alpha value is -2.66. The maximum atomic E-state index is 12.7. The SMILES string of the molecule is O=C(c1ccc2nc[nH]c2c1)N1CCC(O)(Cc2ccccc2)CC1. The fourth-order valence-corrected chi connectivity index (χ4v) is 3.53. The average Bonchev–Trinajstić information content (AvgIpc) is 3.10. The van der Waals surface area contributed by atoms with Gasteiger partial charge in [0.05, 0.1) is 23.0 Å². The third kappa shape index (κ3) is 3.28. The molecule has 0 saturated carbocycles. The molecule has 128 valence electrons. The van der Waals surface area contributed by atoms with E-state index in [1.54, 1.807) is 6.33 Å². The van der Waals surface area contributed by atoms with Crippen LogP contribution in [0.5, 0.6) is 0 Å². The van der Waals surface area contributed by atoms with Gasteiger partial charge >= 0.3 is 0 Å². The molecule has 2 heterocycles. The number of aromatic amines is 1. The van der Waals surface area contributed by atoms with Gasteiger partial charge in [-0.25, -0.2) is 4.98 Å². The first-order valence-corrected chi connectivity index (χ1v) is 8.62. The van der Waals surface area contributed by atoms with Crippen LogP contribution in [0.3, 0.4) is 0 Å².